The Morgan fingerprint density at radius 1 is 0.867 bits per heavy atom. The molecule has 0 aromatic carbocycles. The van der Waals surface area contributed by atoms with Crippen molar-refractivity contribution >= 4 is 0 Å². The number of ether oxygens (including phenoxy) is 1. The van der Waals surface area contributed by atoms with Gasteiger partial charge in [-0.2, -0.15) is 0 Å². The lowest BCUT2D eigenvalue weighted by molar-refractivity contribution is 0.331. The summed E-state index contributed by atoms with van der Waals surface area (Å²) in [6.07, 6.45) is 3.70. The Morgan fingerprint density at radius 2 is 1.43 bits per heavy atom. The van der Waals surface area contributed by atoms with Gasteiger partial charge in [0.1, 0.15) is 5.75 Å². The maximum atomic E-state index is 5.55. The van der Waals surface area contributed by atoms with Crippen molar-refractivity contribution in [2.75, 3.05) is 6.61 Å². The zero-order valence-corrected chi connectivity index (χ0v) is 21.4. The molecule has 2 heterocycles. The van der Waals surface area contributed by atoms with E-state index in [9.17, 15) is 0 Å². The Balaban J connectivity index is 0.000000484. The summed E-state index contributed by atoms with van der Waals surface area (Å²) in [5.41, 5.74) is 6.66. The quantitative estimate of drug-likeness (QED) is 0.503. The van der Waals surface area contributed by atoms with E-state index in [-0.39, 0.29) is 0 Å². The zero-order valence-electron chi connectivity index (χ0n) is 21.4. The molecule has 4 heteroatoms. The summed E-state index contributed by atoms with van der Waals surface area (Å²) in [4.78, 5) is 13.6. The van der Waals surface area contributed by atoms with Crippen LogP contribution in [0.4, 0.5) is 0 Å². The third-order valence-corrected chi connectivity index (χ3v) is 4.89. The van der Waals surface area contributed by atoms with Crippen molar-refractivity contribution in [2.45, 2.75) is 107 Å². The number of rotatable bonds is 5. The summed E-state index contributed by atoms with van der Waals surface area (Å²) >= 11 is 0. The molecule has 170 valence electrons. The maximum Gasteiger partial charge on any atom is 0.141 e. The zero-order chi connectivity index (χ0) is 23.3. The minimum absolute atomic E-state index is 0.469. The number of nitrogens with zero attached hydrogens (tertiary/aromatic N) is 3. The van der Waals surface area contributed by atoms with E-state index in [1.165, 1.54) is 18.5 Å². The molecule has 2 aromatic rings. The van der Waals surface area contributed by atoms with Crippen molar-refractivity contribution in [2.24, 2.45) is 0 Å². The van der Waals surface area contributed by atoms with E-state index in [1.54, 1.807) is 0 Å². The Bertz CT molecular complexity index is 739. The Morgan fingerprint density at radius 3 is 1.93 bits per heavy atom. The summed E-state index contributed by atoms with van der Waals surface area (Å²) in [5, 5.41) is 0. The molecule has 1 unspecified atom stereocenters. The van der Waals surface area contributed by atoms with Gasteiger partial charge in [-0.1, -0.05) is 41.5 Å². The molecule has 3 rings (SSSR count). The number of hydrogen-bond acceptors (Lipinski definition) is 4. The predicted molar refractivity (Wildman–Crippen MR) is 130 cm³/mol. The first-order valence-electron chi connectivity index (χ1n) is 11.8. The summed E-state index contributed by atoms with van der Waals surface area (Å²) in [7, 11) is 0. The lowest BCUT2D eigenvalue weighted by Gasteiger charge is -2.14. The Kier molecular flexibility index (Phi) is 13.9. The van der Waals surface area contributed by atoms with E-state index >= 15 is 0 Å². The third-order valence-electron chi connectivity index (χ3n) is 4.89. The Hall–Kier alpha value is -1.97. The van der Waals surface area contributed by atoms with Crippen LogP contribution < -0.4 is 4.74 Å². The molecule has 1 fully saturated rings. The van der Waals surface area contributed by atoms with Crippen molar-refractivity contribution in [1.82, 2.24) is 15.0 Å². The maximum absolute atomic E-state index is 5.55. The van der Waals surface area contributed by atoms with Gasteiger partial charge >= 0.3 is 0 Å². The summed E-state index contributed by atoms with van der Waals surface area (Å²) in [6.45, 7) is 23.2. The summed E-state index contributed by atoms with van der Waals surface area (Å²) < 4.78 is 5.55. The number of aromatic nitrogens is 3. The summed E-state index contributed by atoms with van der Waals surface area (Å²) in [6, 6.07) is 4.02. The van der Waals surface area contributed by atoms with Crippen LogP contribution in [0.2, 0.25) is 0 Å². The van der Waals surface area contributed by atoms with Gasteiger partial charge in [-0.3, -0.25) is 15.0 Å². The highest BCUT2D eigenvalue weighted by Crippen LogP contribution is 2.40. The molecule has 0 amide bonds. The second kappa shape index (κ2) is 14.9. The third kappa shape index (κ3) is 8.81. The Labute approximate surface area is 185 Å². The molecule has 2 aromatic heterocycles. The van der Waals surface area contributed by atoms with E-state index in [1.807, 2.05) is 67.5 Å². The highest BCUT2D eigenvalue weighted by molar-refractivity contribution is 5.31. The van der Waals surface area contributed by atoms with Crippen LogP contribution in [-0.2, 0) is 0 Å². The van der Waals surface area contributed by atoms with Crippen LogP contribution in [-0.4, -0.2) is 21.6 Å². The van der Waals surface area contributed by atoms with Crippen molar-refractivity contribution in [3.8, 4) is 5.75 Å². The first kappa shape index (κ1) is 28.0. The molecule has 1 aliphatic carbocycles. The first-order chi connectivity index (χ1) is 14.4. The standard InChI is InChI=1S/C12H19NO.C10H14N2.2C2H6/c1-5-9(3)12-11(14-6-2)8-7-10(4)13-12;1-6-7(2)12-10(8(3)11-6)9-4-5-9;2*1-2/h7-9H,5-6H2,1-4H3;9H,4-5H2,1-3H3;2*1-2H3. The van der Waals surface area contributed by atoms with Gasteiger partial charge in [-0.05, 0) is 66.0 Å². The van der Waals surface area contributed by atoms with Crippen molar-refractivity contribution < 1.29 is 4.74 Å². The molecule has 0 N–H and O–H groups in total. The molecule has 30 heavy (non-hydrogen) atoms. The second-order valence-electron chi connectivity index (χ2n) is 7.22. The highest BCUT2D eigenvalue weighted by Gasteiger charge is 2.27. The topological polar surface area (TPSA) is 47.9 Å². The van der Waals surface area contributed by atoms with Crippen LogP contribution >= 0.6 is 0 Å². The average Bonchev–Trinajstić information content (AvgIpc) is 3.60. The largest absolute Gasteiger partial charge is 0.492 e. The first-order valence-corrected chi connectivity index (χ1v) is 11.8. The number of hydrogen-bond donors (Lipinski definition) is 0. The fourth-order valence-electron chi connectivity index (χ4n) is 2.86. The van der Waals surface area contributed by atoms with Crippen LogP contribution in [0, 0.1) is 27.7 Å². The molecule has 0 aliphatic heterocycles. The lowest BCUT2D eigenvalue weighted by atomic mass is 10.0. The van der Waals surface area contributed by atoms with Crippen molar-refractivity contribution in [3.63, 3.8) is 0 Å². The van der Waals surface area contributed by atoms with Crippen LogP contribution in [0.1, 0.15) is 114 Å². The number of aryl methyl sites for hydroxylation is 4. The van der Waals surface area contributed by atoms with Gasteiger partial charge < -0.3 is 4.74 Å². The van der Waals surface area contributed by atoms with Gasteiger partial charge in [-0.25, -0.2) is 0 Å². The molecule has 1 saturated carbocycles. The van der Waals surface area contributed by atoms with Gasteiger partial charge in [0.15, 0.2) is 0 Å². The molecule has 0 bridgehead atoms. The fraction of sp³-hybridized carbons (Fsp3) is 0.654. The van der Waals surface area contributed by atoms with E-state index in [2.05, 4.69) is 35.7 Å². The van der Waals surface area contributed by atoms with Crippen LogP contribution in [0.25, 0.3) is 0 Å². The van der Waals surface area contributed by atoms with Crippen LogP contribution in [0.15, 0.2) is 12.1 Å². The van der Waals surface area contributed by atoms with E-state index in [4.69, 9.17) is 4.74 Å². The van der Waals surface area contributed by atoms with Crippen LogP contribution in [0.3, 0.4) is 0 Å². The van der Waals surface area contributed by atoms with Crippen molar-refractivity contribution in [1.29, 1.82) is 0 Å². The summed E-state index contributed by atoms with van der Waals surface area (Å²) in [5.74, 6) is 2.13. The lowest BCUT2D eigenvalue weighted by Crippen LogP contribution is -2.03. The van der Waals surface area contributed by atoms with Gasteiger partial charge in [0.05, 0.1) is 35.1 Å². The average molecular weight is 416 g/mol. The normalized spacial score (nSPS) is 12.9. The SMILES string of the molecule is CC.CC.CCOc1ccc(C)nc1C(C)CC.Cc1nc(C)c(C2CC2)nc1C. The molecule has 4 nitrogen and oxygen atoms in total. The fourth-order valence-corrected chi connectivity index (χ4v) is 2.86. The van der Waals surface area contributed by atoms with E-state index in [0.29, 0.717) is 12.5 Å². The molecular formula is C26H45N3O. The molecule has 1 atom stereocenters. The molecule has 1 aliphatic rings. The van der Waals surface area contributed by atoms with E-state index < -0.39 is 0 Å². The van der Waals surface area contributed by atoms with Gasteiger partial charge in [0.25, 0.3) is 0 Å². The molecule has 0 radical (unpaired) electrons. The van der Waals surface area contributed by atoms with Gasteiger partial charge in [0.2, 0.25) is 0 Å². The van der Waals surface area contributed by atoms with Gasteiger partial charge in [0, 0.05) is 17.5 Å². The predicted octanol–water partition coefficient (Wildman–Crippen LogP) is 7.63. The van der Waals surface area contributed by atoms with Crippen molar-refractivity contribution in [3.05, 3.63) is 46.3 Å². The number of pyridine rings is 1. The molecule has 0 saturated heterocycles. The van der Waals surface area contributed by atoms with E-state index in [0.717, 1.165) is 46.6 Å². The molecule has 0 spiro atoms. The molecular weight excluding hydrogens is 370 g/mol. The monoisotopic (exact) mass is 415 g/mol. The smallest absolute Gasteiger partial charge is 0.141 e. The second-order valence-corrected chi connectivity index (χ2v) is 7.22. The minimum atomic E-state index is 0.469. The minimum Gasteiger partial charge on any atom is -0.492 e. The van der Waals surface area contributed by atoms with Crippen LogP contribution in [0.5, 0.6) is 5.75 Å². The highest BCUT2D eigenvalue weighted by atomic mass is 16.5. The van der Waals surface area contributed by atoms with Gasteiger partial charge in [-0.15, -0.1) is 0 Å².